The summed E-state index contributed by atoms with van der Waals surface area (Å²) >= 11 is 3.38. The SMILES string of the molecule is Cc1nc(-c2cccs2)c(CCC(=O)Nc2ccc(N3CCCCC3)cc2)s1. The van der Waals surface area contributed by atoms with Crippen molar-refractivity contribution in [1.29, 1.82) is 0 Å². The number of hydrogen-bond donors (Lipinski definition) is 1. The van der Waals surface area contributed by atoms with Gasteiger partial charge >= 0.3 is 0 Å². The fourth-order valence-electron chi connectivity index (χ4n) is 3.60. The number of aromatic nitrogens is 1. The Kier molecular flexibility index (Phi) is 6.07. The van der Waals surface area contributed by atoms with E-state index in [0.29, 0.717) is 6.42 Å². The van der Waals surface area contributed by atoms with Gasteiger partial charge in [-0.05, 0) is 68.3 Å². The van der Waals surface area contributed by atoms with Crippen LogP contribution in [0.1, 0.15) is 35.6 Å². The summed E-state index contributed by atoms with van der Waals surface area (Å²) in [6.07, 6.45) is 5.05. The van der Waals surface area contributed by atoms with Gasteiger partial charge in [0.15, 0.2) is 0 Å². The van der Waals surface area contributed by atoms with Crippen LogP contribution in [0.25, 0.3) is 10.6 Å². The molecule has 0 unspecified atom stereocenters. The van der Waals surface area contributed by atoms with Crippen molar-refractivity contribution in [3.63, 3.8) is 0 Å². The monoisotopic (exact) mass is 411 g/mol. The molecule has 0 bridgehead atoms. The molecule has 6 heteroatoms. The van der Waals surface area contributed by atoms with Crippen molar-refractivity contribution in [2.45, 2.75) is 39.0 Å². The van der Waals surface area contributed by atoms with Gasteiger partial charge in [-0.2, -0.15) is 0 Å². The lowest BCUT2D eigenvalue weighted by molar-refractivity contribution is -0.116. The summed E-state index contributed by atoms with van der Waals surface area (Å²) < 4.78 is 0. The highest BCUT2D eigenvalue weighted by Gasteiger charge is 2.14. The van der Waals surface area contributed by atoms with Crippen LogP contribution < -0.4 is 10.2 Å². The fourth-order valence-corrected chi connectivity index (χ4v) is 5.36. The number of carbonyl (C=O) groups is 1. The molecule has 1 fully saturated rings. The molecule has 3 heterocycles. The van der Waals surface area contributed by atoms with Crippen molar-refractivity contribution < 1.29 is 4.79 Å². The van der Waals surface area contributed by atoms with Gasteiger partial charge in [0.25, 0.3) is 0 Å². The number of piperidine rings is 1. The standard InChI is InChI=1S/C22H25N3OS2/c1-16-23-22(19-6-5-15-27-19)20(28-16)11-12-21(26)24-17-7-9-18(10-8-17)25-13-3-2-4-14-25/h5-10,15H,2-4,11-14H2,1H3,(H,24,26). The summed E-state index contributed by atoms with van der Waals surface area (Å²) in [5.41, 5.74) is 3.15. The minimum absolute atomic E-state index is 0.0499. The van der Waals surface area contributed by atoms with Crippen molar-refractivity contribution in [1.82, 2.24) is 4.98 Å². The maximum Gasteiger partial charge on any atom is 0.224 e. The minimum atomic E-state index is 0.0499. The molecule has 1 amide bonds. The van der Waals surface area contributed by atoms with E-state index in [1.807, 2.05) is 25.1 Å². The van der Waals surface area contributed by atoms with E-state index in [4.69, 9.17) is 0 Å². The number of carbonyl (C=O) groups excluding carboxylic acids is 1. The van der Waals surface area contributed by atoms with Gasteiger partial charge in [0.2, 0.25) is 5.91 Å². The first-order chi connectivity index (χ1) is 13.7. The van der Waals surface area contributed by atoms with E-state index in [-0.39, 0.29) is 5.91 Å². The van der Waals surface area contributed by atoms with E-state index in [9.17, 15) is 4.79 Å². The molecular weight excluding hydrogens is 386 g/mol. The number of amides is 1. The third-order valence-corrected chi connectivity index (χ3v) is 6.92. The first-order valence-electron chi connectivity index (χ1n) is 9.84. The predicted octanol–water partition coefficient (Wildman–Crippen LogP) is 5.74. The fraction of sp³-hybridized carbons (Fsp3) is 0.364. The average Bonchev–Trinajstić information content (AvgIpc) is 3.37. The van der Waals surface area contributed by atoms with Gasteiger partial charge in [0.1, 0.15) is 0 Å². The molecular formula is C22H25N3OS2. The van der Waals surface area contributed by atoms with Gasteiger partial charge < -0.3 is 10.2 Å². The molecule has 28 heavy (non-hydrogen) atoms. The van der Waals surface area contributed by atoms with Crippen LogP contribution in [-0.2, 0) is 11.2 Å². The Morgan fingerprint density at radius 3 is 2.64 bits per heavy atom. The zero-order valence-electron chi connectivity index (χ0n) is 16.1. The number of benzene rings is 1. The number of thiazole rings is 1. The van der Waals surface area contributed by atoms with Crippen LogP contribution in [-0.4, -0.2) is 24.0 Å². The molecule has 4 nitrogen and oxygen atoms in total. The van der Waals surface area contributed by atoms with E-state index >= 15 is 0 Å². The number of nitrogens with zero attached hydrogens (tertiary/aromatic N) is 2. The number of rotatable bonds is 6. The molecule has 0 radical (unpaired) electrons. The van der Waals surface area contributed by atoms with Gasteiger partial charge in [0.05, 0.1) is 15.6 Å². The van der Waals surface area contributed by atoms with Gasteiger partial charge in [-0.3, -0.25) is 4.79 Å². The van der Waals surface area contributed by atoms with Crippen molar-refractivity contribution in [2.24, 2.45) is 0 Å². The summed E-state index contributed by atoms with van der Waals surface area (Å²) in [6.45, 7) is 4.29. The van der Waals surface area contributed by atoms with Gasteiger partial charge in [-0.25, -0.2) is 4.98 Å². The molecule has 1 N–H and O–H groups in total. The zero-order chi connectivity index (χ0) is 19.3. The summed E-state index contributed by atoms with van der Waals surface area (Å²) in [4.78, 5) is 21.9. The number of thiophene rings is 1. The Morgan fingerprint density at radius 2 is 1.93 bits per heavy atom. The van der Waals surface area contributed by atoms with Crippen LogP contribution >= 0.6 is 22.7 Å². The maximum absolute atomic E-state index is 12.4. The van der Waals surface area contributed by atoms with E-state index < -0.39 is 0 Å². The van der Waals surface area contributed by atoms with Crippen molar-refractivity contribution in [3.05, 3.63) is 51.7 Å². The van der Waals surface area contributed by atoms with Crippen LogP contribution in [0.15, 0.2) is 41.8 Å². The second kappa shape index (κ2) is 8.88. The Bertz CT molecular complexity index is 910. The number of nitrogens with one attached hydrogen (secondary N) is 1. The largest absolute Gasteiger partial charge is 0.372 e. The van der Waals surface area contributed by atoms with Crippen molar-refractivity contribution in [3.8, 4) is 10.6 Å². The normalized spacial score (nSPS) is 14.2. The lowest BCUT2D eigenvalue weighted by atomic mass is 10.1. The lowest BCUT2D eigenvalue weighted by Crippen LogP contribution is -2.29. The zero-order valence-corrected chi connectivity index (χ0v) is 17.7. The molecule has 1 aliphatic heterocycles. The molecule has 1 aromatic carbocycles. The molecule has 2 aromatic heterocycles. The highest BCUT2D eigenvalue weighted by molar-refractivity contribution is 7.15. The maximum atomic E-state index is 12.4. The summed E-state index contributed by atoms with van der Waals surface area (Å²) in [5, 5.41) is 6.14. The van der Waals surface area contributed by atoms with E-state index in [2.05, 4.69) is 38.8 Å². The number of hydrogen-bond acceptors (Lipinski definition) is 5. The molecule has 1 aliphatic rings. The Labute approximate surface area is 174 Å². The second-order valence-corrected chi connectivity index (χ2v) is 9.36. The highest BCUT2D eigenvalue weighted by Crippen LogP contribution is 2.32. The van der Waals surface area contributed by atoms with Gasteiger partial charge in [-0.1, -0.05) is 6.07 Å². The summed E-state index contributed by atoms with van der Waals surface area (Å²) in [5.74, 6) is 0.0499. The van der Waals surface area contributed by atoms with Crippen LogP contribution in [0.4, 0.5) is 11.4 Å². The van der Waals surface area contributed by atoms with Crippen LogP contribution in [0, 0.1) is 6.92 Å². The molecule has 0 spiro atoms. The summed E-state index contributed by atoms with van der Waals surface area (Å²) in [7, 11) is 0. The third-order valence-electron chi connectivity index (χ3n) is 5.01. The smallest absolute Gasteiger partial charge is 0.224 e. The van der Waals surface area contributed by atoms with Crippen molar-refractivity contribution >= 4 is 40.0 Å². The topological polar surface area (TPSA) is 45.2 Å². The molecule has 0 atom stereocenters. The van der Waals surface area contributed by atoms with Crippen LogP contribution in [0.2, 0.25) is 0 Å². The molecule has 0 aliphatic carbocycles. The molecule has 3 aromatic rings. The number of anilines is 2. The van der Waals surface area contributed by atoms with Crippen molar-refractivity contribution in [2.75, 3.05) is 23.3 Å². The molecule has 4 rings (SSSR count). The summed E-state index contributed by atoms with van der Waals surface area (Å²) in [6, 6.07) is 12.4. The van der Waals surface area contributed by atoms with E-state index in [1.165, 1.54) is 34.7 Å². The van der Waals surface area contributed by atoms with E-state index in [0.717, 1.165) is 35.9 Å². The Morgan fingerprint density at radius 1 is 1.14 bits per heavy atom. The quantitative estimate of drug-likeness (QED) is 0.562. The Hall–Kier alpha value is -2.18. The average molecular weight is 412 g/mol. The lowest BCUT2D eigenvalue weighted by Gasteiger charge is -2.28. The van der Waals surface area contributed by atoms with Crippen LogP contribution in [0.3, 0.4) is 0 Å². The minimum Gasteiger partial charge on any atom is -0.372 e. The predicted molar refractivity (Wildman–Crippen MR) is 120 cm³/mol. The Balaban J connectivity index is 1.34. The molecule has 0 saturated carbocycles. The first-order valence-corrected chi connectivity index (χ1v) is 11.5. The highest BCUT2D eigenvalue weighted by atomic mass is 32.1. The van der Waals surface area contributed by atoms with E-state index in [1.54, 1.807) is 22.7 Å². The number of aryl methyl sites for hydroxylation is 2. The van der Waals surface area contributed by atoms with Crippen LogP contribution in [0.5, 0.6) is 0 Å². The first kappa shape index (κ1) is 19.2. The molecule has 146 valence electrons. The third kappa shape index (κ3) is 4.62. The molecule has 1 saturated heterocycles. The van der Waals surface area contributed by atoms with Gasteiger partial charge in [-0.15, -0.1) is 22.7 Å². The van der Waals surface area contributed by atoms with Gasteiger partial charge in [0, 0.05) is 35.8 Å². The second-order valence-electron chi connectivity index (χ2n) is 7.12.